The smallest absolute Gasteiger partial charge is 0.266 e. The predicted molar refractivity (Wildman–Crippen MR) is 123 cm³/mol. The van der Waals surface area contributed by atoms with E-state index < -0.39 is 15.9 Å². The van der Waals surface area contributed by atoms with Crippen molar-refractivity contribution < 1.29 is 17.6 Å². The summed E-state index contributed by atoms with van der Waals surface area (Å²) in [7, 11) is -3.71. The summed E-state index contributed by atoms with van der Waals surface area (Å²) in [5.74, 6) is -0.131. The van der Waals surface area contributed by atoms with Crippen molar-refractivity contribution in [1.29, 1.82) is 5.26 Å². The maximum Gasteiger partial charge on any atom is 0.266 e. The number of sulfonamides is 1. The first-order valence-electron chi connectivity index (χ1n) is 9.21. The number of benzene rings is 2. The zero-order valence-corrected chi connectivity index (χ0v) is 19.1. The highest BCUT2D eigenvalue weighted by Gasteiger charge is 2.15. The van der Waals surface area contributed by atoms with Crippen LogP contribution < -0.4 is 10.0 Å². The number of anilines is 1. The molecule has 0 radical (unpaired) electrons. The summed E-state index contributed by atoms with van der Waals surface area (Å²) in [6.07, 6.45) is 1.25. The number of amides is 1. The quantitative estimate of drug-likeness (QED) is 0.361. The summed E-state index contributed by atoms with van der Waals surface area (Å²) in [6.45, 7) is 1.77. The summed E-state index contributed by atoms with van der Waals surface area (Å²) in [5, 5.41) is 12.5. The van der Waals surface area contributed by atoms with Crippen LogP contribution in [0.2, 0.25) is 10.0 Å². The zero-order chi connectivity index (χ0) is 23.3. The number of aryl methyl sites for hydroxylation is 1. The summed E-state index contributed by atoms with van der Waals surface area (Å²) < 4.78 is 32.7. The maximum atomic E-state index is 12.4. The molecule has 0 saturated heterocycles. The van der Waals surface area contributed by atoms with Gasteiger partial charge in [0.1, 0.15) is 23.2 Å². The van der Waals surface area contributed by atoms with Crippen molar-refractivity contribution in [3.63, 3.8) is 0 Å². The fourth-order valence-electron chi connectivity index (χ4n) is 2.60. The van der Waals surface area contributed by atoms with Gasteiger partial charge in [-0.1, -0.05) is 40.9 Å². The SMILES string of the molecule is Cc1ccc(S(=O)(=O)NCc2ccc(/C=C(/C#N)C(=O)Nc3ccc(Cl)c(Cl)c3)o2)cc1. The zero-order valence-electron chi connectivity index (χ0n) is 16.7. The molecular weight excluding hydrogens is 473 g/mol. The number of nitrogens with one attached hydrogen (secondary N) is 2. The molecule has 1 heterocycles. The number of furan rings is 1. The molecule has 0 spiro atoms. The van der Waals surface area contributed by atoms with Gasteiger partial charge in [0.25, 0.3) is 5.91 Å². The molecule has 7 nitrogen and oxygen atoms in total. The second-order valence-electron chi connectivity index (χ2n) is 6.69. The van der Waals surface area contributed by atoms with Crippen LogP contribution in [-0.4, -0.2) is 14.3 Å². The molecular formula is C22H17Cl2N3O4S. The lowest BCUT2D eigenvalue weighted by Gasteiger charge is -2.06. The molecule has 3 rings (SSSR count). The lowest BCUT2D eigenvalue weighted by Crippen LogP contribution is -2.22. The van der Waals surface area contributed by atoms with E-state index in [2.05, 4.69) is 10.0 Å². The minimum atomic E-state index is -3.71. The molecule has 0 saturated carbocycles. The lowest BCUT2D eigenvalue weighted by molar-refractivity contribution is -0.112. The Morgan fingerprint density at radius 2 is 1.81 bits per heavy atom. The number of nitriles is 1. The number of rotatable bonds is 7. The highest BCUT2D eigenvalue weighted by molar-refractivity contribution is 7.89. The van der Waals surface area contributed by atoms with Crippen LogP contribution in [0.4, 0.5) is 5.69 Å². The first-order chi connectivity index (χ1) is 15.2. The third kappa shape index (κ3) is 5.99. The van der Waals surface area contributed by atoms with E-state index in [0.717, 1.165) is 5.56 Å². The van der Waals surface area contributed by atoms with Crippen LogP contribution in [0.25, 0.3) is 6.08 Å². The molecule has 2 aromatic carbocycles. The normalized spacial score (nSPS) is 11.8. The van der Waals surface area contributed by atoms with E-state index in [4.69, 9.17) is 27.6 Å². The molecule has 0 unspecified atom stereocenters. The third-order valence-corrected chi connectivity index (χ3v) is 6.44. The molecule has 164 valence electrons. The van der Waals surface area contributed by atoms with Crippen LogP contribution >= 0.6 is 23.2 Å². The summed E-state index contributed by atoms with van der Waals surface area (Å²) in [5.41, 5.74) is 1.11. The van der Waals surface area contributed by atoms with Crippen molar-refractivity contribution in [2.24, 2.45) is 0 Å². The number of carbonyl (C=O) groups excluding carboxylic acids is 1. The minimum Gasteiger partial charge on any atom is -0.460 e. The van der Waals surface area contributed by atoms with E-state index >= 15 is 0 Å². The van der Waals surface area contributed by atoms with Crippen molar-refractivity contribution in [1.82, 2.24) is 4.72 Å². The van der Waals surface area contributed by atoms with Crippen LogP contribution in [0.1, 0.15) is 17.1 Å². The Morgan fingerprint density at radius 3 is 2.47 bits per heavy atom. The van der Waals surface area contributed by atoms with Gasteiger partial charge in [0.05, 0.1) is 21.5 Å². The lowest BCUT2D eigenvalue weighted by atomic mass is 10.2. The summed E-state index contributed by atoms with van der Waals surface area (Å²) >= 11 is 11.8. The largest absolute Gasteiger partial charge is 0.460 e. The molecule has 1 aromatic heterocycles. The highest BCUT2D eigenvalue weighted by Crippen LogP contribution is 2.25. The van der Waals surface area contributed by atoms with Gasteiger partial charge < -0.3 is 9.73 Å². The fraction of sp³-hybridized carbons (Fsp3) is 0.0909. The number of nitrogens with zero attached hydrogens (tertiary/aromatic N) is 1. The van der Waals surface area contributed by atoms with E-state index in [-0.39, 0.29) is 27.8 Å². The van der Waals surface area contributed by atoms with E-state index in [9.17, 15) is 18.5 Å². The Kier molecular flexibility index (Phi) is 7.38. The number of hydrogen-bond acceptors (Lipinski definition) is 5. The Labute approximate surface area is 195 Å². The van der Waals surface area contributed by atoms with Gasteiger partial charge in [-0.3, -0.25) is 4.79 Å². The first kappa shape index (κ1) is 23.6. The molecule has 0 atom stereocenters. The van der Waals surface area contributed by atoms with Gasteiger partial charge in [-0.2, -0.15) is 5.26 Å². The third-order valence-electron chi connectivity index (χ3n) is 4.28. The van der Waals surface area contributed by atoms with Crippen LogP contribution in [-0.2, 0) is 21.4 Å². The Hall–Kier alpha value is -3.09. The standard InChI is InChI=1S/C22H17Cl2N3O4S/c1-14-2-7-19(8-3-14)32(29,30)26-13-18-6-5-17(31-18)10-15(12-25)22(28)27-16-4-9-20(23)21(24)11-16/h2-11,26H,13H2,1H3,(H,27,28)/b15-10-. The molecule has 32 heavy (non-hydrogen) atoms. The second-order valence-corrected chi connectivity index (χ2v) is 9.28. The van der Waals surface area contributed by atoms with Gasteiger partial charge in [-0.25, -0.2) is 13.1 Å². The van der Waals surface area contributed by atoms with Gasteiger partial charge in [-0.15, -0.1) is 0 Å². The monoisotopic (exact) mass is 489 g/mol. The van der Waals surface area contributed by atoms with Crippen LogP contribution in [0, 0.1) is 18.3 Å². The van der Waals surface area contributed by atoms with Gasteiger partial charge in [-0.05, 0) is 49.4 Å². The van der Waals surface area contributed by atoms with E-state index in [1.54, 1.807) is 30.3 Å². The second kappa shape index (κ2) is 10.0. The molecule has 0 aliphatic rings. The van der Waals surface area contributed by atoms with Gasteiger partial charge in [0.15, 0.2) is 0 Å². The van der Waals surface area contributed by atoms with Crippen molar-refractivity contribution in [3.8, 4) is 6.07 Å². The number of hydrogen-bond donors (Lipinski definition) is 2. The van der Waals surface area contributed by atoms with Gasteiger partial charge in [0, 0.05) is 11.8 Å². The van der Waals surface area contributed by atoms with Crippen LogP contribution in [0.3, 0.4) is 0 Å². The van der Waals surface area contributed by atoms with Crippen molar-refractivity contribution in [2.45, 2.75) is 18.4 Å². The molecule has 10 heteroatoms. The average Bonchev–Trinajstić information content (AvgIpc) is 3.21. The summed E-state index contributed by atoms with van der Waals surface area (Å²) in [4.78, 5) is 12.5. The average molecular weight is 490 g/mol. The van der Waals surface area contributed by atoms with Crippen molar-refractivity contribution >= 4 is 50.9 Å². The first-order valence-corrected chi connectivity index (χ1v) is 11.4. The van der Waals surface area contributed by atoms with Crippen LogP contribution in [0.15, 0.2) is 69.5 Å². The van der Waals surface area contributed by atoms with E-state index in [0.29, 0.717) is 16.5 Å². The van der Waals surface area contributed by atoms with Gasteiger partial charge >= 0.3 is 0 Å². The predicted octanol–water partition coefficient (Wildman–Crippen LogP) is 4.92. The van der Waals surface area contributed by atoms with E-state index in [1.165, 1.54) is 36.4 Å². The molecule has 0 bridgehead atoms. The van der Waals surface area contributed by atoms with Crippen LogP contribution in [0.5, 0.6) is 0 Å². The molecule has 3 aromatic rings. The number of carbonyl (C=O) groups is 1. The number of halogens is 2. The highest BCUT2D eigenvalue weighted by atomic mass is 35.5. The van der Waals surface area contributed by atoms with Crippen molar-refractivity contribution in [3.05, 3.63) is 87.3 Å². The Morgan fingerprint density at radius 1 is 1.09 bits per heavy atom. The Bertz CT molecular complexity index is 1320. The summed E-state index contributed by atoms with van der Waals surface area (Å²) in [6, 6.07) is 15.8. The van der Waals surface area contributed by atoms with Gasteiger partial charge in [0.2, 0.25) is 10.0 Å². The van der Waals surface area contributed by atoms with E-state index in [1.807, 2.05) is 6.92 Å². The molecule has 0 fully saturated rings. The molecule has 0 aliphatic heterocycles. The molecule has 2 N–H and O–H groups in total. The fourth-order valence-corrected chi connectivity index (χ4v) is 3.89. The molecule has 0 aliphatic carbocycles. The Balaban J connectivity index is 1.67. The van der Waals surface area contributed by atoms with Crippen molar-refractivity contribution in [2.75, 3.05) is 5.32 Å². The topological polar surface area (TPSA) is 112 Å². The minimum absolute atomic E-state index is 0.0958. The maximum absolute atomic E-state index is 12.4. The molecule has 1 amide bonds.